The van der Waals surface area contributed by atoms with Crippen LogP contribution in [-0.2, 0) is 32.8 Å². The van der Waals surface area contributed by atoms with Gasteiger partial charge >= 0.3 is 0 Å². The molecule has 21 heavy (non-hydrogen) atoms. The molecule has 1 rings (SSSR count). The topological polar surface area (TPSA) is 67.9 Å². The maximum Gasteiger partial charge on any atom is 0.279 e. The van der Waals surface area contributed by atoms with Crippen LogP contribution < -0.4 is 4.72 Å². The van der Waals surface area contributed by atoms with Crippen LogP contribution in [0.25, 0.3) is 0 Å². The van der Waals surface area contributed by atoms with E-state index in [-0.39, 0.29) is 6.54 Å². The van der Waals surface area contributed by atoms with E-state index in [4.69, 9.17) is 9.47 Å². The molecule has 0 unspecified atom stereocenters. The fraction of sp³-hybridized carbons (Fsp3) is 0.571. The van der Waals surface area contributed by atoms with Gasteiger partial charge in [0.25, 0.3) is 10.2 Å². The van der Waals surface area contributed by atoms with Crippen LogP contribution in [0.3, 0.4) is 0 Å². The Bertz CT molecular complexity index is 519. The molecule has 0 amide bonds. The molecule has 120 valence electrons. The molecule has 0 aromatic heterocycles. The van der Waals surface area contributed by atoms with Crippen LogP contribution >= 0.6 is 0 Å². The Morgan fingerprint density at radius 2 is 1.90 bits per heavy atom. The molecule has 0 bridgehead atoms. The van der Waals surface area contributed by atoms with E-state index in [0.29, 0.717) is 26.4 Å². The Hall–Kier alpha value is -0.990. The highest BCUT2D eigenvalue weighted by Gasteiger charge is 2.17. The minimum Gasteiger partial charge on any atom is -0.383 e. The van der Waals surface area contributed by atoms with E-state index < -0.39 is 10.2 Å². The number of nitrogens with one attached hydrogen (secondary N) is 1. The lowest BCUT2D eigenvalue weighted by atomic mass is 10.1. The largest absolute Gasteiger partial charge is 0.383 e. The standard InChI is InChI=1S/C14H24N2O4S/c1-4-20-12-14-8-6-5-7-13(14)11-15-21(17,18)16(2)9-10-19-3/h5-8,15H,4,9-12H2,1-3H3. The van der Waals surface area contributed by atoms with E-state index in [1.807, 2.05) is 31.2 Å². The number of hydrogen-bond acceptors (Lipinski definition) is 4. The van der Waals surface area contributed by atoms with Crippen LogP contribution in [0.5, 0.6) is 0 Å². The zero-order chi connectivity index (χ0) is 15.7. The number of ether oxygens (including phenoxy) is 2. The van der Waals surface area contributed by atoms with E-state index in [0.717, 1.165) is 11.1 Å². The molecular formula is C14H24N2O4S. The highest BCUT2D eigenvalue weighted by molar-refractivity contribution is 7.87. The van der Waals surface area contributed by atoms with Gasteiger partial charge in [0.1, 0.15) is 0 Å². The van der Waals surface area contributed by atoms with Gasteiger partial charge in [0.2, 0.25) is 0 Å². The van der Waals surface area contributed by atoms with Gasteiger partial charge < -0.3 is 9.47 Å². The van der Waals surface area contributed by atoms with Crippen LogP contribution in [0.4, 0.5) is 0 Å². The number of likely N-dealkylation sites (N-methyl/N-ethyl adjacent to an activating group) is 1. The van der Waals surface area contributed by atoms with Crippen molar-refractivity contribution >= 4 is 10.2 Å². The van der Waals surface area contributed by atoms with Crippen LogP contribution in [-0.4, -0.2) is 46.6 Å². The molecule has 0 spiro atoms. The Labute approximate surface area is 127 Å². The van der Waals surface area contributed by atoms with E-state index in [1.165, 1.54) is 18.5 Å². The molecule has 0 aliphatic carbocycles. The van der Waals surface area contributed by atoms with E-state index >= 15 is 0 Å². The first-order chi connectivity index (χ1) is 10.0. The molecule has 1 aromatic rings. The van der Waals surface area contributed by atoms with E-state index in [1.54, 1.807) is 0 Å². The van der Waals surface area contributed by atoms with E-state index in [9.17, 15) is 8.42 Å². The minimum atomic E-state index is -3.51. The summed E-state index contributed by atoms with van der Waals surface area (Å²) in [5.74, 6) is 0. The molecule has 6 nitrogen and oxygen atoms in total. The average molecular weight is 316 g/mol. The maximum atomic E-state index is 12.1. The molecule has 0 fully saturated rings. The van der Waals surface area contributed by atoms with Gasteiger partial charge in [-0.15, -0.1) is 0 Å². The molecule has 0 saturated carbocycles. The summed E-state index contributed by atoms with van der Waals surface area (Å²) >= 11 is 0. The Morgan fingerprint density at radius 3 is 2.52 bits per heavy atom. The molecule has 0 radical (unpaired) electrons. The third kappa shape index (κ3) is 6.11. The van der Waals surface area contributed by atoms with Gasteiger partial charge in [0.05, 0.1) is 13.2 Å². The normalized spacial score (nSPS) is 12.0. The number of benzene rings is 1. The lowest BCUT2D eigenvalue weighted by Crippen LogP contribution is -2.39. The zero-order valence-corrected chi connectivity index (χ0v) is 13.6. The summed E-state index contributed by atoms with van der Waals surface area (Å²) in [6.45, 7) is 3.94. The average Bonchev–Trinajstić information content (AvgIpc) is 2.49. The lowest BCUT2D eigenvalue weighted by molar-refractivity contribution is 0.133. The maximum absolute atomic E-state index is 12.1. The third-order valence-electron chi connectivity index (χ3n) is 3.05. The highest BCUT2D eigenvalue weighted by atomic mass is 32.2. The summed E-state index contributed by atoms with van der Waals surface area (Å²) in [5, 5.41) is 0. The quantitative estimate of drug-likeness (QED) is 0.703. The molecule has 0 heterocycles. The fourth-order valence-corrected chi connectivity index (χ4v) is 2.58. The first kappa shape index (κ1) is 18.1. The lowest BCUT2D eigenvalue weighted by Gasteiger charge is -2.18. The first-order valence-electron chi connectivity index (χ1n) is 6.85. The van der Waals surface area contributed by atoms with Crippen molar-refractivity contribution in [2.75, 3.05) is 33.9 Å². The van der Waals surface area contributed by atoms with Crippen molar-refractivity contribution in [3.63, 3.8) is 0 Å². The van der Waals surface area contributed by atoms with Gasteiger partial charge in [-0.3, -0.25) is 0 Å². The number of nitrogens with zero attached hydrogens (tertiary/aromatic N) is 1. The minimum absolute atomic E-state index is 0.239. The molecule has 0 aliphatic heterocycles. The van der Waals surface area contributed by atoms with Crippen molar-refractivity contribution in [1.82, 2.24) is 9.03 Å². The highest BCUT2D eigenvalue weighted by Crippen LogP contribution is 2.10. The fourth-order valence-electron chi connectivity index (χ4n) is 1.70. The predicted molar refractivity (Wildman–Crippen MR) is 82.0 cm³/mol. The predicted octanol–water partition coefficient (Wildman–Crippen LogP) is 1.14. The van der Waals surface area contributed by atoms with Crippen molar-refractivity contribution < 1.29 is 17.9 Å². The number of rotatable bonds is 10. The van der Waals surface area contributed by atoms with Crippen molar-refractivity contribution in [2.45, 2.75) is 20.1 Å². The molecule has 0 aliphatic rings. The molecule has 0 atom stereocenters. The second-order valence-electron chi connectivity index (χ2n) is 4.55. The number of methoxy groups -OCH3 is 1. The summed E-state index contributed by atoms with van der Waals surface area (Å²) in [6.07, 6.45) is 0. The molecule has 0 saturated heterocycles. The SMILES string of the molecule is CCOCc1ccccc1CNS(=O)(=O)N(C)CCOC. The molecule has 1 N–H and O–H groups in total. The Balaban J connectivity index is 2.65. The van der Waals surface area contributed by atoms with Crippen LogP contribution in [0.1, 0.15) is 18.1 Å². The summed E-state index contributed by atoms with van der Waals surface area (Å²) in [5.41, 5.74) is 1.90. The van der Waals surface area contributed by atoms with Gasteiger partial charge in [0.15, 0.2) is 0 Å². The smallest absolute Gasteiger partial charge is 0.279 e. The molecular weight excluding hydrogens is 292 g/mol. The van der Waals surface area contributed by atoms with Gasteiger partial charge in [-0.1, -0.05) is 24.3 Å². The summed E-state index contributed by atoms with van der Waals surface area (Å²) < 4.78 is 38.2. The van der Waals surface area contributed by atoms with Gasteiger partial charge in [-0.05, 0) is 18.1 Å². The van der Waals surface area contributed by atoms with Crippen LogP contribution in [0.15, 0.2) is 24.3 Å². The monoisotopic (exact) mass is 316 g/mol. The zero-order valence-electron chi connectivity index (χ0n) is 12.8. The Kier molecular flexibility index (Phi) is 7.84. The van der Waals surface area contributed by atoms with E-state index in [2.05, 4.69) is 4.72 Å². The Morgan fingerprint density at radius 1 is 1.24 bits per heavy atom. The molecule has 7 heteroatoms. The van der Waals surface area contributed by atoms with Gasteiger partial charge in [-0.2, -0.15) is 17.4 Å². The van der Waals surface area contributed by atoms with Crippen molar-refractivity contribution in [3.8, 4) is 0 Å². The van der Waals surface area contributed by atoms with Crippen LogP contribution in [0.2, 0.25) is 0 Å². The molecule has 1 aromatic carbocycles. The second kappa shape index (κ2) is 9.11. The van der Waals surface area contributed by atoms with Gasteiger partial charge in [0, 0.05) is 33.9 Å². The van der Waals surface area contributed by atoms with Crippen molar-refractivity contribution in [3.05, 3.63) is 35.4 Å². The van der Waals surface area contributed by atoms with Crippen molar-refractivity contribution in [2.24, 2.45) is 0 Å². The van der Waals surface area contributed by atoms with Crippen LogP contribution in [0, 0.1) is 0 Å². The summed E-state index contributed by atoms with van der Waals surface area (Å²) in [7, 11) is -0.445. The third-order valence-corrected chi connectivity index (χ3v) is 4.56. The van der Waals surface area contributed by atoms with Gasteiger partial charge in [-0.25, -0.2) is 0 Å². The summed E-state index contributed by atoms with van der Waals surface area (Å²) in [6, 6.07) is 7.63. The number of hydrogen-bond donors (Lipinski definition) is 1. The summed E-state index contributed by atoms with van der Waals surface area (Å²) in [4.78, 5) is 0. The second-order valence-corrected chi connectivity index (χ2v) is 6.41. The van der Waals surface area contributed by atoms with Crippen molar-refractivity contribution in [1.29, 1.82) is 0 Å². The first-order valence-corrected chi connectivity index (χ1v) is 8.29.